The van der Waals surface area contributed by atoms with Gasteiger partial charge in [0.25, 0.3) is 0 Å². The van der Waals surface area contributed by atoms with Crippen molar-refractivity contribution in [2.45, 2.75) is 56.6 Å². The van der Waals surface area contributed by atoms with E-state index in [1.54, 1.807) is 11.8 Å². The summed E-state index contributed by atoms with van der Waals surface area (Å²) in [4.78, 5) is 0. The summed E-state index contributed by atoms with van der Waals surface area (Å²) < 4.78 is 2.05. The molecule has 1 saturated carbocycles. The van der Waals surface area contributed by atoms with Crippen molar-refractivity contribution in [3.63, 3.8) is 0 Å². The Labute approximate surface area is 114 Å². The molecule has 0 bridgehead atoms. The van der Waals surface area contributed by atoms with Crippen molar-refractivity contribution in [2.75, 3.05) is 12.3 Å². The molecule has 1 aliphatic carbocycles. The summed E-state index contributed by atoms with van der Waals surface area (Å²) >= 11 is 1.79. The van der Waals surface area contributed by atoms with Crippen LogP contribution in [0.2, 0.25) is 0 Å². The Hall–Kier alpha value is -0.550. The Balaban J connectivity index is 1.65. The molecule has 0 radical (unpaired) electrons. The molecule has 0 amide bonds. The van der Waals surface area contributed by atoms with Crippen LogP contribution in [0.4, 0.5) is 0 Å². The van der Waals surface area contributed by atoms with Crippen LogP contribution in [0, 0.1) is 6.92 Å². The van der Waals surface area contributed by atoms with Gasteiger partial charge in [0.2, 0.25) is 0 Å². The first kappa shape index (κ1) is 13.9. The van der Waals surface area contributed by atoms with Crippen LogP contribution in [0.15, 0.2) is 5.16 Å². The molecular weight excluding hydrogens is 244 g/mol. The maximum atomic E-state index is 4.16. The topological polar surface area (TPSA) is 42.7 Å². The highest BCUT2D eigenvalue weighted by molar-refractivity contribution is 7.99. The van der Waals surface area contributed by atoms with Crippen LogP contribution in [-0.2, 0) is 7.05 Å². The third kappa shape index (κ3) is 3.99. The lowest BCUT2D eigenvalue weighted by molar-refractivity contribution is 0.474. The highest BCUT2D eigenvalue weighted by atomic mass is 32.2. The molecule has 0 atom stereocenters. The van der Waals surface area contributed by atoms with E-state index in [0.717, 1.165) is 29.3 Å². The van der Waals surface area contributed by atoms with Gasteiger partial charge in [-0.2, -0.15) is 0 Å². The summed E-state index contributed by atoms with van der Waals surface area (Å²) in [7, 11) is 2.02. The number of aromatic nitrogens is 3. The Kier molecular flexibility index (Phi) is 5.50. The van der Waals surface area contributed by atoms with Gasteiger partial charge in [0.05, 0.1) is 0 Å². The monoisotopic (exact) mass is 268 g/mol. The van der Waals surface area contributed by atoms with E-state index in [-0.39, 0.29) is 0 Å². The fourth-order valence-corrected chi connectivity index (χ4v) is 3.23. The van der Waals surface area contributed by atoms with Crippen LogP contribution < -0.4 is 5.32 Å². The third-order valence-corrected chi connectivity index (χ3v) is 4.70. The predicted octanol–water partition coefficient (Wildman–Crippen LogP) is 2.53. The molecule has 0 aromatic carbocycles. The molecular formula is C13H24N4S. The first-order valence-corrected chi connectivity index (χ1v) is 7.98. The van der Waals surface area contributed by atoms with Crippen molar-refractivity contribution in [2.24, 2.45) is 7.05 Å². The molecule has 4 nitrogen and oxygen atoms in total. The van der Waals surface area contributed by atoms with E-state index >= 15 is 0 Å². The van der Waals surface area contributed by atoms with E-state index in [1.807, 2.05) is 14.0 Å². The van der Waals surface area contributed by atoms with Crippen LogP contribution in [0.5, 0.6) is 0 Å². The molecule has 1 heterocycles. The first-order chi connectivity index (χ1) is 8.77. The van der Waals surface area contributed by atoms with Gasteiger partial charge in [0.15, 0.2) is 5.16 Å². The Morgan fingerprint density at radius 1 is 1.22 bits per heavy atom. The van der Waals surface area contributed by atoms with Gasteiger partial charge in [-0.1, -0.05) is 37.4 Å². The van der Waals surface area contributed by atoms with Crippen LogP contribution in [-0.4, -0.2) is 33.1 Å². The van der Waals surface area contributed by atoms with Gasteiger partial charge in [0.1, 0.15) is 5.82 Å². The Morgan fingerprint density at radius 3 is 2.56 bits per heavy atom. The lowest BCUT2D eigenvalue weighted by Gasteiger charge is -2.15. The summed E-state index contributed by atoms with van der Waals surface area (Å²) in [5.74, 6) is 2.05. The minimum atomic E-state index is 0.745. The molecule has 0 spiro atoms. The predicted molar refractivity (Wildman–Crippen MR) is 76.0 cm³/mol. The zero-order valence-corrected chi connectivity index (χ0v) is 12.3. The van der Waals surface area contributed by atoms with Crippen molar-refractivity contribution in [1.29, 1.82) is 0 Å². The molecule has 1 aromatic rings. The number of thioether (sulfide) groups is 1. The largest absolute Gasteiger partial charge is 0.313 e. The van der Waals surface area contributed by atoms with Gasteiger partial charge in [-0.05, 0) is 19.8 Å². The second-order valence-electron chi connectivity index (χ2n) is 5.08. The fraction of sp³-hybridized carbons (Fsp3) is 0.846. The quantitative estimate of drug-likeness (QED) is 0.506. The van der Waals surface area contributed by atoms with E-state index in [2.05, 4.69) is 20.1 Å². The van der Waals surface area contributed by atoms with E-state index in [0.29, 0.717) is 0 Å². The second-order valence-corrected chi connectivity index (χ2v) is 6.14. The lowest BCUT2D eigenvalue weighted by Crippen LogP contribution is -2.30. The van der Waals surface area contributed by atoms with E-state index in [9.17, 15) is 0 Å². The minimum absolute atomic E-state index is 0.745. The van der Waals surface area contributed by atoms with Crippen molar-refractivity contribution >= 4 is 11.8 Å². The molecule has 1 N–H and O–H groups in total. The number of rotatable bonds is 5. The highest BCUT2D eigenvalue weighted by Crippen LogP contribution is 2.18. The average molecular weight is 268 g/mol. The summed E-state index contributed by atoms with van der Waals surface area (Å²) in [5.41, 5.74) is 0. The van der Waals surface area contributed by atoms with Crippen molar-refractivity contribution in [3.05, 3.63) is 5.82 Å². The number of nitrogens with zero attached hydrogens (tertiary/aromatic N) is 3. The van der Waals surface area contributed by atoms with Gasteiger partial charge in [-0.15, -0.1) is 10.2 Å². The van der Waals surface area contributed by atoms with Gasteiger partial charge in [-0.25, -0.2) is 0 Å². The summed E-state index contributed by atoms with van der Waals surface area (Å²) in [6, 6.07) is 0.745. The third-order valence-electron chi connectivity index (χ3n) is 3.67. The fourth-order valence-electron chi connectivity index (χ4n) is 2.40. The molecule has 2 rings (SSSR count). The molecule has 1 fully saturated rings. The van der Waals surface area contributed by atoms with Gasteiger partial charge in [-0.3, -0.25) is 0 Å². The van der Waals surface area contributed by atoms with Crippen LogP contribution in [0.25, 0.3) is 0 Å². The first-order valence-electron chi connectivity index (χ1n) is 6.99. The molecule has 0 saturated heterocycles. The molecule has 1 aliphatic rings. The van der Waals surface area contributed by atoms with Gasteiger partial charge < -0.3 is 9.88 Å². The number of hydrogen-bond donors (Lipinski definition) is 1. The zero-order chi connectivity index (χ0) is 12.8. The molecule has 18 heavy (non-hydrogen) atoms. The summed E-state index contributed by atoms with van der Waals surface area (Å²) in [6.07, 6.45) is 8.35. The average Bonchev–Trinajstić information content (AvgIpc) is 2.62. The minimum Gasteiger partial charge on any atom is -0.313 e. The van der Waals surface area contributed by atoms with Gasteiger partial charge >= 0.3 is 0 Å². The number of hydrogen-bond acceptors (Lipinski definition) is 4. The van der Waals surface area contributed by atoms with E-state index < -0.39 is 0 Å². The molecule has 102 valence electrons. The Morgan fingerprint density at radius 2 is 1.94 bits per heavy atom. The summed E-state index contributed by atoms with van der Waals surface area (Å²) in [6.45, 7) is 3.06. The molecule has 5 heteroatoms. The molecule has 0 aliphatic heterocycles. The van der Waals surface area contributed by atoms with Crippen LogP contribution in [0.3, 0.4) is 0 Å². The highest BCUT2D eigenvalue weighted by Gasteiger charge is 2.11. The van der Waals surface area contributed by atoms with Crippen molar-refractivity contribution in [3.8, 4) is 0 Å². The van der Waals surface area contributed by atoms with E-state index in [1.165, 1.54) is 38.5 Å². The second kappa shape index (κ2) is 7.14. The standard InChI is InChI=1S/C13H24N4S/c1-11-15-16-13(17(11)2)18-10-9-14-12-7-5-3-4-6-8-12/h12,14H,3-10H2,1-2H3. The lowest BCUT2D eigenvalue weighted by atomic mass is 10.1. The zero-order valence-electron chi connectivity index (χ0n) is 11.5. The van der Waals surface area contributed by atoms with Crippen molar-refractivity contribution in [1.82, 2.24) is 20.1 Å². The summed E-state index contributed by atoms with van der Waals surface area (Å²) in [5, 5.41) is 12.9. The maximum absolute atomic E-state index is 4.16. The van der Waals surface area contributed by atoms with E-state index in [4.69, 9.17) is 0 Å². The normalized spacial score (nSPS) is 17.9. The SMILES string of the molecule is Cc1nnc(SCCNC2CCCCCC2)n1C. The number of nitrogens with one attached hydrogen (secondary N) is 1. The molecule has 1 aromatic heterocycles. The smallest absolute Gasteiger partial charge is 0.190 e. The Bertz CT molecular complexity index is 356. The number of aryl methyl sites for hydroxylation is 1. The van der Waals surface area contributed by atoms with Crippen LogP contribution >= 0.6 is 11.8 Å². The van der Waals surface area contributed by atoms with Gasteiger partial charge in [0, 0.05) is 25.4 Å². The maximum Gasteiger partial charge on any atom is 0.190 e. The van der Waals surface area contributed by atoms with Crippen LogP contribution in [0.1, 0.15) is 44.3 Å². The van der Waals surface area contributed by atoms with Crippen molar-refractivity contribution < 1.29 is 0 Å². The molecule has 0 unspecified atom stereocenters.